The summed E-state index contributed by atoms with van der Waals surface area (Å²) in [4.78, 5) is 12.2. The van der Waals surface area contributed by atoms with E-state index in [-0.39, 0.29) is 0 Å². The molecular weight excluding hydrogens is 256 g/mol. The average Bonchev–Trinajstić information content (AvgIpc) is 2.36. The van der Waals surface area contributed by atoms with Crippen LogP contribution in [0.5, 0.6) is 0 Å². The summed E-state index contributed by atoms with van der Waals surface area (Å²) in [6.45, 7) is 2.06. The third kappa shape index (κ3) is 3.51. The van der Waals surface area contributed by atoms with E-state index in [4.69, 9.17) is 11.5 Å². The third-order valence-electron chi connectivity index (χ3n) is 2.75. The van der Waals surface area contributed by atoms with Crippen LogP contribution in [0.15, 0.2) is 47.4 Å². The first kappa shape index (κ1) is 13.5. The molecule has 0 saturated heterocycles. The van der Waals surface area contributed by atoms with E-state index in [9.17, 15) is 4.79 Å². The highest BCUT2D eigenvalue weighted by atomic mass is 32.2. The van der Waals surface area contributed by atoms with Crippen molar-refractivity contribution in [2.45, 2.75) is 17.6 Å². The summed E-state index contributed by atoms with van der Waals surface area (Å²) in [5, 5.41) is 0. The number of hydrogen-bond donors (Lipinski definition) is 2. The van der Waals surface area contributed by atoms with Crippen LogP contribution in [0.4, 0.5) is 5.69 Å². The predicted octanol–water partition coefficient (Wildman–Crippen LogP) is 2.97. The zero-order valence-electron chi connectivity index (χ0n) is 10.7. The summed E-state index contributed by atoms with van der Waals surface area (Å²) in [5.74, 6) is 0.359. The number of carbonyl (C=O) groups is 1. The molecule has 19 heavy (non-hydrogen) atoms. The standard InChI is InChI=1S/C15H16N2OS/c1-10-3-2-4-11(7-10)9-19-14-8-12(16)5-6-13(14)15(17)18/h2-8H,9,16H2,1H3,(H2,17,18). The van der Waals surface area contributed by atoms with Gasteiger partial charge in [0.15, 0.2) is 0 Å². The monoisotopic (exact) mass is 272 g/mol. The van der Waals surface area contributed by atoms with E-state index in [0.29, 0.717) is 11.3 Å². The summed E-state index contributed by atoms with van der Waals surface area (Å²) in [5.41, 5.74) is 14.7. The van der Waals surface area contributed by atoms with E-state index in [1.165, 1.54) is 11.1 Å². The Hall–Kier alpha value is -1.94. The first-order chi connectivity index (χ1) is 9.06. The van der Waals surface area contributed by atoms with Crippen LogP contribution in [0.2, 0.25) is 0 Å². The molecule has 0 aliphatic carbocycles. The topological polar surface area (TPSA) is 69.1 Å². The smallest absolute Gasteiger partial charge is 0.249 e. The van der Waals surface area contributed by atoms with Gasteiger partial charge in [-0.15, -0.1) is 11.8 Å². The molecular formula is C15H16N2OS. The molecule has 3 nitrogen and oxygen atoms in total. The van der Waals surface area contributed by atoms with Crippen molar-refractivity contribution in [2.24, 2.45) is 5.73 Å². The largest absolute Gasteiger partial charge is 0.399 e. The van der Waals surface area contributed by atoms with Crippen LogP contribution in [0.25, 0.3) is 0 Å². The van der Waals surface area contributed by atoms with Crippen LogP contribution >= 0.6 is 11.8 Å². The van der Waals surface area contributed by atoms with Crippen LogP contribution < -0.4 is 11.5 Å². The van der Waals surface area contributed by atoms with E-state index >= 15 is 0 Å². The van der Waals surface area contributed by atoms with Crippen molar-refractivity contribution in [2.75, 3.05) is 5.73 Å². The number of benzene rings is 2. The minimum Gasteiger partial charge on any atom is -0.399 e. The van der Waals surface area contributed by atoms with Gasteiger partial charge in [0, 0.05) is 16.3 Å². The number of amides is 1. The molecule has 1 amide bonds. The zero-order chi connectivity index (χ0) is 13.8. The minimum absolute atomic E-state index is 0.424. The molecule has 0 saturated carbocycles. The van der Waals surface area contributed by atoms with Crippen molar-refractivity contribution >= 4 is 23.4 Å². The predicted molar refractivity (Wildman–Crippen MR) is 80.1 cm³/mol. The molecule has 0 atom stereocenters. The van der Waals surface area contributed by atoms with Crippen LogP contribution in [0, 0.1) is 6.92 Å². The molecule has 0 aliphatic heterocycles. The van der Waals surface area contributed by atoms with Gasteiger partial charge in [-0.1, -0.05) is 29.8 Å². The fraction of sp³-hybridized carbons (Fsp3) is 0.133. The van der Waals surface area contributed by atoms with Gasteiger partial charge in [0.2, 0.25) is 5.91 Å². The summed E-state index contributed by atoms with van der Waals surface area (Å²) >= 11 is 1.57. The molecule has 4 heteroatoms. The summed E-state index contributed by atoms with van der Waals surface area (Å²) < 4.78 is 0. The summed E-state index contributed by atoms with van der Waals surface area (Å²) in [7, 11) is 0. The quantitative estimate of drug-likeness (QED) is 0.664. The Morgan fingerprint density at radius 1 is 1.21 bits per heavy atom. The van der Waals surface area contributed by atoms with E-state index in [1.807, 2.05) is 6.07 Å². The number of hydrogen-bond acceptors (Lipinski definition) is 3. The molecule has 2 aromatic carbocycles. The van der Waals surface area contributed by atoms with Gasteiger partial charge in [-0.05, 0) is 30.7 Å². The van der Waals surface area contributed by atoms with Crippen LogP contribution in [-0.2, 0) is 5.75 Å². The molecule has 4 N–H and O–H groups in total. The Bertz CT molecular complexity index is 611. The Kier molecular flexibility index (Phi) is 4.12. The highest BCUT2D eigenvalue weighted by Crippen LogP contribution is 2.28. The van der Waals surface area contributed by atoms with Crippen LogP contribution in [0.1, 0.15) is 21.5 Å². The first-order valence-corrected chi connectivity index (χ1v) is 6.92. The van der Waals surface area contributed by atoms with Crippen molar-refractivity contribution in [1.29, 1.82) is 0 Å². The van der Waals surface area contributed by atoms with Crippen molar-refractivity contribution in [1.82, 2.24) is 0 Å². The molecule has 2 aromatic rings. The number of carbonyl (C=O) groups excluding carboxylic acids is 1. The lowest BCUT2D eigenvalue weighted by Crippen LogP contribution is -2.12. The summed E-state index contributed by atoms with van der Waals surface area (Å²) in [6.07, 6.45) is 0. The average molecular weight is 272 g/mol. The minimum atomic E-state index is -0.424. The third-order valence-corrected chi connectivity index (χ3v) is 3.87. The molecule has 0 radical (unpaired) electrons. The fourth-order valence-corrected chi connectivity index (χ4v) is 2.87. The maximum absolute atomic E-state index is 11.4. The van der Waals surface area contributed by atoms with Gasteiger partial charge in [-0.2, -0.15) is 0 Å². The second-order valence-corrected chi connectivity index (χ2v) is 5.41. The Morgan fingerprint density at radius 3 is 2.68 bits per heavy atom. The van der Waals surface area contributed by atoms with Gasteiger partial charge in [0.1, 0.15) is 0 Å². The number of primary amides is 1. The molecule has 2 rings (SSSR count). The lowest BCUT2D eigenvalue weighted by Gasteiger charge is -2.08. The second-order valence-electron chi connectivity index (χ2n) is 4.40. The Balaban J connectivity index is 2.19. The van der Waals surface area contributed by atoms with Gasteiger partial charge in [-0.25, -0.2) is 0 Å². The van der Waals surface area contributed by atoms with Gasteiger partial charge in [0.25, 0.3) is 0 Å². The number of nitrogens with two attached hydrogens (primary N) is 2. The van der Waals surface area contributed by atoms with E-state index in [1.54, 1.807) is 30.0 Å². The Labute approximate surface area is 117 Å². The SMILES string of the molecule is Cc1cccc(CSc2cc(N)ccc2C(N)=O)c1. The molecule has 0 spiro atoms. The van der Waals surface area contributed by atoms with E-state index < -0.39 is 5.91 Å². The highest BCUT2D eigenvalue weighted by Gasteiger charge is 2.09. The van der Waals surface area contributed by atoms with Crippen molar-refractivity contribution in [3.63, 3.8) is 0 Å². The van der Waals surface area contributed by atoms with E-state index in [2.05, 4.69) is 25.1 Å². The van der Waals surface area contributed by atoms with Gasteiger partial charge >= 0.3 is 0 Å². The maximum atomic E-state index is 11.4. The number of aryl methyl sites for hydroxylation is 1. The molecule has 0 fully saturated rings. The van der Waals surface area contributed by atoms with Gasteiger partial charge in [0.05, 0.1) is 5.56 Å². The Morgan fingerprint density at radius 2 is 2.00 bits per heavy atom. The fourth-order valence-electron chi connectivity index (χ4n) is 1.82. The summed E-state index contributed by atoms with van der Waals surface area (Å²) in [6, 6.07) is 13.4. The van der Waals surface area contributed by atoms with Gasteiger partial charge < -0.3 is 11.5 Å². The van der Waals surface area contributed by atoms with E-state index in [0.717, 1.165) is 10.6 Å². The number of rotatable bonds is 4. The molecule has 0 aromatic heterocycles. The zero-order valence-corrected chi connectivity index (χ0v) is 11.5. The van der Waals surface area contributed by atoms with Gasteiger partial charge in [-0.3, -0.25) is 4.79 Å². The van der Waals surface area contributed by atoms with Crippen molar-refractivity contribution in [3.8, 4) is 0 Å². The molecule has 0 aliphatic rings. The molecule has 98 valence electrons. The molecule has 0 heterocycles. The number of thioether (sulfide) groups is 1. The lowest BCUT2D eigenvalue weighted by atomic mass is 10.2. The number of nitrogen functional groups attached to an aromatic ring is 1. The normalized spacial score (nSPS) is 10.4. The number of anilines is 1. The lowest BCUT2D eigenvalue weighted by molar-refractivity contribution is 0.0997. The molecule has 0 bridgehead atoms. The van der Waals surface area contributed by atoms with Crippen LogP contribution in [0.3, 0.4) is 0 Å². The van der Waals surface area contributed by atoms with Crippen molar-refractivity contribution in [3.05, 3.63) is 59.2 Å². The maximum Gasteiger partial charge on any atom is 0.249 e. The second kappa shape index (κ2) is 5.80. The highest BCUT2D eigenvalue weighted by molar-refractivity contribution is 7.98. The van der Waals surface area contributed by atoms with Crippen LogP contribution in [-0.4, -0.2) is 5.91 Å². The van der Waals surface area contributed by atoms with Crippen molar-refractivity contribution < 1.29 is 4.79 Å². The molecule has 0 unspecified atom stereocenters. The first-order valence-electron chi connectivity index (χ1n) is 5.94.